The zero-order valence-corrected chi connectivity index (χ0v) is 21.2. The van der Waals surface area contributed by atoms with Gasteiger partial charge in [-0.05, 0) is 49.2 Å². The average Bonchev–Trinajstić information content (AvgIpc) is 2.88. The summed E-state index contributed by atoms with van der Waals surface area (Å²) in [6.45, 7) is 3.92. The molecule has 0 aliphatic heterocycles. The summed E-state index contributed by atoms with van der Waals surface area (Å²) in [5.74, 6) is 0.512. The van der Waals surface area contributed by atoms with Crippen molar-refractivity contribution in [3.63, 3.8) is 0 Å². The fourth-order valence-corrected chi connectivity index (χ4v) is 4.47. The predicted octanol–water partition coefficient (Wildman–Crippen LogP) is 7.62. The Hall–Kier alpha value is -3.80. The lowest BCUT2D eigenvalue weighted by Crippen LogP contribution is -2.38. The molecule has 0 aliphatic carbocycles. The number of nitrogens with one attached hydrogen (secondary N) is 1. The molecular formula is C27H26F6N6. The SMILES string of the molecule is CCCC(N)(CCC)c1nc(Nc2ccc(C(F)(F)F)nc2)c2ccc(-c3ncccc3C(F)(F)F)cc2n1. The molecule has 12 heteroatoms. The van der Waals surface area contributed by atoms with Gasteiger partial charge in [0, 0.05) is 17.1 Å². The van der Waals surface area contributed by atoms with Crippen LogP contribution in [0, 0.1) is 0 Å². The smallest absolute Gasteiger partial charge is 0.338 e. The number of alkyl halides is 6. The number of nitrogens with two attached hydrogens (primary N) is 1. The van der Waals surface area contributed by atoms with Crippen LogP contribution in [0.1, 0.15) is 56.6 Å². The van der Waals surface area contributed by atoms with Gasteiger partial charge in [0.25, 0.3) is 0 Å². The van der Waals surface area contributed by atoms with Gasteiger partial charge in [-0.15, -0.1) is 0 Å². The van der Waals surface area contributed by atoms with Crippen molar-refractivity contribution in [2.45, 2.75) is 57.4 Å². The first-order valence-electron chi connectivity index (χ1n) is 12.3. The Bertz CT molecular complexity index is 1440. The Kier molecular flexibility index (Phi) is 7.78. The van der Waals surface area contributed by atoms with Gasteiger partial charge in [0.1, 0.15) is 11.5 Å². The van der Waals surface area contributed by atoms with Crippen molar-refractivity contribution in [2.75, 3.05) is 5.32 Å². The van der Waals surface area contributed by atoms with Gasteiger partial charge >= 0.3 is 12.4 Å². The van der Waals surface area contributed by atoms with Crippen LogP contribution >= 0.6 is 0 Å². The zero-order valence-electron chi connectivity index (χ0n) is 21.2. The third-order valence-corrected chi connectivity index (χ3v) is 6.24. The van der Waals surface area contributed by atoms with E-state index in [1.807, 2.05) is 13.8 Å². The van der Waals surface area contributed by atoms with Gasteiger partial charge in [0.2, 0.25) is 0 Å². The quantitative estimate of drug-likeness (QED) is 0.220. The number of halogens is 6. The molecule has 1 aromatic carbocycles. The van der Waals surface area contributed by atoms with E-state index >= 15 is 0 Å². The van der Waals surface area contributed by atoms with Gasteiger partial charge in [0.15, 0.2) is 5.82 Å². The lowest BCUT2D eigenvalue weighted by atomic mass is 9.88. The minimum absolute atomic E-state index is 0.191. The number of fused-ring (bicyclic) bond motifs is 1. The fourth-order valence-electron chi connectivity index (χ4n) is 4.47. The van der Waals surface area contributed by atoms with E-state index in [-0.39, 0.29) is 28.6 Å². The van der Waals surface area contributed by atoms with Crippen LogP contribution in [0.5, 0.6) is 0 Å². The van der Waals surface area contributed by atoms with E-state index in [0.717, 1.165) is 31.2 Å². The molecular weight excluding hydrogens is 522 g/mol. The van der Waals surface area contributed by atoms with Crippen molar-refractivity contribution in [2.24, 2.45) is 5.73 Å². The molecule has 0 saturated carbocycles. The van der Waals surface area contributed by atoms with Gasteiger partial charge < -0.3 is 11.1 Å². The van der Waals surface area contributed by atoms with Crippen molar-refractivity contribution < 1.29 is 26.3 Å². The highest BCUT2D eigenvalue weighted by Gasteiger charge is 2.35. The zero-order chi connectivity index (χ0) is 28.4. The Morgan fingerprint density at radius 2 is 1.56 bits per heavy atom. The van der Waals surface area contributed by atoms with Crippen molar-refractivity contribution in [1.29, 1.82) is 0 Å². The van der Waals surface area contributed by atoms with Gasteiger partial charge in [-0.1, -0.05) is 32.8 Å². The minimum atomic E-state index is -4.62. The summed E-state index contributed by atoms with van der Waals surface area (Å²) in [7, 11) is 0. The molecule has 4 rings (SSSR count). The number of anilines is 2. The molecule has 3 aromatic heterocycles. The second-order valence-corrected chi connectivity index (χ2v) is 9.24. The van der Waals surface area contributed by atoms with E-state index in [1.54, 1.807) is 6.07 Å². The summed E-state index contributed by atoms with van der Waals surface area (Å²) >= 11 is 0. The number of pyridine rings is 2. The van der Waals surface area contributed by atoms with E-state index in [9.17, 15) is 26.3 Å². The van der Waals surface area contributed by atoms with Crippen LogP contribution in [-0.4, -0.2) is 19.9 Å². The maximum absolute atomic E-state index is 13.7. The molecule has 3 heterocycles. The molecule has 0 amide bonds. The lowest BCUT2D eigenvalue weighted by Gasteiger charge is -2.28. The Balaban J connectivity index is 1.89. The van der Waals surface area contributed by atoms with Crippen molar-refractivity contribution >= 4 is 22.4 Å². The highest BCUT2D eigenvalue weighted by Crippen LogP contribution is 2.38. The predicted molar refractivity (Wildman–Crippen MR) is 136 cm³/mol. The van der Waals surface area contributed by atoms with E-state index in [4.69, 9.17) is 5.73 Å². The molecule has 39 heavy (non-hydrogen) atoms. The summed E-state index contributed by atoms with van der Waals surface area (Å²) in [6.07, 6.45) is -4.35. The lowest BCUT2D eigenvalue weighted by molar-refractivity contribution is -0.141. The molecule has 6 nitrogen and oxygen atoms in total. The third kappa shape index (κ3) is 6.11. The molecule has 3 N–H and O–H groups in total. The standard InChI is InChI=1S/C27H26F6N6/c1-3-11-25(34,12-4-2)24-38-20-14-16(22-19(26(28,29)30)6-5-13-35-22)7-9-18(20)23(39-24)37-17-8-10-21(36-15-17)27(31,32)33/h5-10,13-15H,3-4,11-12,34H2,1-2H3,(H,37,38,39). The largest absolute Gasteiger partial charge is 0.433 e. The highest BCUT2D eigenvalue weighted by molar-refractivity contribution is 5.93. The average molecular weight is 549 g/mol. The van der Waals surface area contributed by atoms with Crippen LogP contribution in [0.25, 0.3) is 22.2 Å². The molecule has 206 valence electrons. The van der Waals surface area contributed by atoms with E-state index in [0.29, 0.717) is 23.7 Å². The molecule has 0 saturated heterocycles. The molecule has 0 fully saturated rings. The molecule has 0 radical (unpaired) electrons. The van der Waals surface area contributed by atoms with Gasteiger partial charge in [-0.2, -0.15) is 26.3 Å². The highest BCUT2D eigenvalue weighted by atomic mass is 19.4. The number of nitrogens with zero attached hydrogens (tertiary/aromatic N) is 4. The summed E-state index contributed by atoms with van der Waals surface area (Å²) in [5, 5.41) is 3.42. The minimum Gasteiger partial charge on any atom is -0.338 e. The third-order valence-electron chi connectivity index (χ3n) is 6.24. The molecule has 0 unspecified atom stereocenters. The van der Waals surface area contributed by atoms with Crippen LogP contribution in [0.2, 0.25) is 0 Å². The molecule has 0 bridgehead atoms. The van der Waals surface area contributed by atoms with E-state index in [1.165, 1.54) is 30.5 Å². The fraction of sp³-hybridized carbons (Fsp3) is 0.333. The van der Waals surface area contributed by atoms with Crippen LogP contribution < -0.4 is 11.1 Å². The van der Waals surface area contributed by atoms with Crippen molar-refractivity contribution in [1.82, 2.24) is 19.9 Å². The monoisotopic (exact) mass is 548 g/mol. The summed E-state index contributed by atoms with van der Waals surface area (Å²) in [6, 6.07) is 8.71. The first kappa shape index (κ1) is 28.2. The van der Waals surface area contributed by atoms with Crippen LogP contribution in [-0.2, 0) is 17.9 Å². The first-order chi connectivity index (χ1) is 18.4. The second-order valence-electron chi connectivity index (χ2n) is 9.24. The Labute approximate surface area is 220 Å². The number of hydrogen-bond acceptors (Lipinski definition) is 6. The summed E-state index contributed by atoms with van der Waals surface area (Å²) in [4.78, 5) is 16.7. The molecule has 4 aromatic rings. The van der Waals surface area contributed by atoms with Gasteiger partial charge in [-0.3, -0.25) is 4.98 Å². The molecule has 0 spiro atoms. The maximum atomic E-state index is 13.7. The van der Waals surface area contributed by atoms with Gasteiger partial charge in [0.05, 0.1) is 34.2 Å². The van der Waals surface area contributed by atoms with Crippen molar-refractivity contribution in [3.05, 3.63) is 71.9 Å². The second kappa shape index (κ2) is 10.8. The molecule has 0 aliphatic rings. The Morgan fingerprint density at radius 1 is 0.846 bits per heavy atom. The first-order valence-corrected chi connectivity index (χ1v) is 12.3. The Morgan fingerprint density at radius 3 is 2.15 bits per heavy atom. The number of rotatable bonds is 8. The summed E-state index contributed by atoms with van der Waals surface area (Å²) < 4.78 is 79.9. The summed E-state index contributed by atoms with van der Waals surface area (Å²) in [5.41, 5.74) is 4.35. The topological polar surface area (TPSA) is 89.6 Å². The van der Waals surface area contributed by atoms with E-state index < -0.39 is 29.1 Å². The van der Waals surface area contributed by atoms with Crippen LogP contribution in [0.3, 0.4) is 0 Å². The number of hydrogen-bond donors (Lipinski definition) is 2. The van der Waals surface area contributed by atoms with E-state index in [2.05, 4.69) is 25.3 Å². The van der Waals surface area contributed by atoms with Crippen molar-refractivity contribution in [3.8, 4) is 11.3 Å². The van der Waals surface area contributed by atoms with Crippen LogP contribution in [0.4, 0.5) is 37.8 Å². The number of benzene rings is 1. The molecule has 0 atom stereocenters. The van der Waals surface area contributed by atoms with Crippen LogP contribution in [0.15, 0.2) is 54.9 Å². The normalized spacial score (nSPS) is 12.6. The maximum Gasteiger partial charge on any atom is 0.433 e. The van der Waals surface area contributed by atoms with Gasteiger partial charge in [-0.25, -0.2) is 15.0 Å². The number of aromatic nitrogens is 4.